The first-order valence-corrected chi connectivity index (χ1v) is 4.93. The Kier molecular flexibility index (Phi) is 4.99. The van der Waals surface area contributed by atoms with E-state index in [0.717, 1.165) is 12.8 Å². The van der Waals surface area contributed by atoms with Gasteiger partial charge in [0, 0.05) is 11.6 Å². The summed E-state index contributed by atoms with van der Waals surface area (Å²) in [6.45, 7) is 8.27. The Morgan fingerprint density at radius 1 is 1.46 bits per heavy atom. The molecule has 0 aliphatic heterocycles. The van der Waals surface area contributed by atoms with E-state index in [9.17, 15) is 4.79 Å². The van der Waals surface area contributed by atoms with Gasteiger partial charge in [-0.3, -0.25) is 4.79 Å². The third-order valence-corrected chi connectivity index (χ3v) is 2.64. The van der Waals surface area contributed by atoms with Crippen LogP contribution in [-0.4, -0.2) is 22.7 Å². The molecule has 0 aromatic heterocycles. The van der Waals surface area contributed by atoms with Crippen molar-refractivity contribution in [3.8, 4) is 0 Å². The minimum atomic E-state index is -0.741. The van der Waals surface area contributed by atoms with Gasteiger partial charge in [-0.25, -0.2) is 0 Å². The molecule has 0 amide bonds. The van der Waals surface area contributed by atoms with Crippen molar-refractivity contribution in [3.63, 3.8) is 0 Å². The normalized spacial score (nSPS) is 14.2. The maximum atomic E-state index is 10.4. The Balaban J connectivity index is 4.01. The van der Waals surface area contributed by atoms with Gasteiger partial charge in [0.05, 0.1) is 6.42 Å². The van der Waals surface area contributed by atoms with Crippen LogP contribution < -0.4 is 5.32 Å². The van der Waals surface area contributed by atoms with Crippen molar-refractivity contribution < 1.29 is 9.90 Å². The number of nitrogens with one attached hydrogen (secondary N) is 1. The molecule has 0 spiro atoms. The summed E-state index contributed by atoms with van der Waals surface area (Å²) in [6.07, 6.45) is 2.23. The van der Waals surface area contributed by atoms with Crippen LogP contribution in [-0.2, 0) is 4.79 Å². The van der Waals surface area contributed by atoms with Crippen LogP contribution in [0.2, 0.25) is 0 Å². The summed E-state index contributed by atoms with van der Waals surface area (Å²) in [5.41, 5.74) is 0.0782. The fraction of sp³-hybridized carbons (Fsp3) is 0.900. The zero-order chi connectivity index (χ0) is 10.5. The van der Waals surface area contributed by atoms with Crippen LogP contribution in [0.3, 0.4) is 0 Å². The first kappa shape index (κ1) is 12.4. The SMILES string of the molecule is CCC(C)(CC)NC(C)CC(=O)O. The Morgan fingerprint density at radius 2 is 1.92 bits per heavy atom. The summed E-state index contributed by atoms with van der Waals surface area (Å²) in [5.74, 6) is -0.741. The van der Waals surface area contributed by atoms with Crippen molar-refractivity contribution in [2.24, 2.45) is 0 Å². The lowest BCUT2D eigenvalue weighted by molar-refractivity contribution is -0.137. The molecule has 0 aromatic carbocycles. The highest BCUT2D eigenvalue weighted by Gasteiger charge is 2.22. The number of carbonyl (C=O) groups is 1. The summed E-state index contributed by atoms with van der Waals surface area (Å²) in [5, 5.41) is 11.9. The lowest BCUT2D eigenvalue weighted by atomic mass is 9.94. The summed E-state index contributed by atoms with van der Waals surface area (Å²) in [6, 6.07) is 0.0439. The van der Waals surface area contributed by atoms with Gasteiger partial charge in [0.2, 0.25) is 0 Å². The fourth-order valence-corrected chi connectivity index (χ4v) is 1.36. The van der Waals surface area contributed by atoms with Crippen LogP contribution in [0.4, 0.5) is 0 Å². The largest absolute Gasteiger partial charge is 0.481 e. The molecule has 1 atom stereocenters. The number of rotatable bonds is 6. The highest BCUT2D eigenvalue weighted by atomic mass is 16.4. The number of hydrogen-bond donors (Lipinski definition) is 2. The van der Waals surface area contributed by atoms with Gasteiger partial charge in [0.15, 0.2) is 0 Å². The molecule has 0 aliphatic carbocycles. The van der Waals surface area contributed by atoms with E-state index in [4.69, 9.17) is 5.11 Å². The fourth-order valence-electron chi connectivity index (χ4n) is 1.36. The van der Waals surface area contributed by atoms with Crippen LogP contribution in [0, 0.1) is 0 Å². The van der Waals surface area contributed by atoms with Gasteiger partial charge in [0.1, 0.15) is 0 Å². The first-order valence-electron chi connectivity index (χ1n) is 4.93. The third-order valence-electron chi connectivity index (χ3n) is 2.64. The molecule has 3 heteroatoms. The van der Waals surface area contributed by atoms with E-state index >= 15 is 0 Å². The average molecular weight is 187 g/mol. The summed E-state index contributed by atoms with van der Waals surface area (Å²) in [4.78, 5) is 10.4. The topological polar surface area (TPSA) is 49.3 Å². The first-order chi connectivity index (χ1) is 5.93. The summed E-state index contributed by atoms with van der Waals surface area (Å²) in [7, 11) is 0. The van der Waals surface area contributed by atoms with Crippen molar-refractivity contribution in [2.75, 3.05) is 0 Å². The van der Waals surface area contributed by atoms with Crippen molar-refractivity contribution in [2.45, 2.75) is 58.5 Å². The van der Waals surface area contributed by atoms with Gasteiger partial charge >= 0.3 is 5.97 Å². The summed E-state index contributed by atoms with van der Waals surface area (Å²) >= 11 is 0. The van der Waals surface area contributed by atoms with Crippen molar-refractivity contribution in [3.05, 3.63) is 0 Å². The predicted octanol–water partition coefficient (Wildman–Crippen LogP) is 2.02. The lowest BCUT2D eigenvalue weighted by Crippen LogP contribution is -2.46. The van der Waals surface area contributed by atoms with E-state index in [1.165, 1.54) is 0 Å². The van der Waals surface area contributed by atoms with Gasteiger partial charge in [0.25, 0.3) is 0 Å². The minimum absolute atomic E-state index is 0.0439. The summed E-state index contributed by atoms with van der Waals surface area (Å²) < 4.78 is 0. The van der Waals surface area contributed by atoms with Gasteiger partial charge in [-0.1, -0.05) is 13.8 Å². The Labute approximate surface area is 80.5 Å². The molecule has 0 radical (unpaired) electrons. The van der Waals surface area contributed by atoms with Crippen LogP contribution >= 0.6 is 0 Å². The number of aliphatic carboxylic acids is 1. The third kappa shape index (κ3) is 4.88. The molecule has 1 unspecified atom stereocenters. The Bertz CT molecular complexity index is 164. The van der Waals surface area contributed by atoms with Gasteiger partial charge in [-0.05, 0) is 26.7 Å². The van der Waals surface area contributed by atoms with Gasteiger partial charge in [-0.2, -0.15) is 0 Å². The van der Waals surface area contributed by atoms with E-state index in [1.807, 2.05) is 6.92 Å². The van der Waals surface area contributed by atoms with Crippen molar-refractivity contribution >= 4 is 5.97 Å². The molecule has 0 aliphatic rings. The van der Waals surface area contributed by atoms with Crippen LogP contribution in [0.5, 0.6) is 0 Å². The Morgan fingerprint density at radius 3 is 2.23 bits per heavy atom. The molecule has 2 N–H and O–H groups in total. The molecule has 0 aromatic rings. The highest BCUT2D eigenvalue weighted by Crippen LogP contribution is 2.15. The molecule has 0 rings (SSSR count). The second-order valence-electron chi connectivity index (χ2n) is 3.91. The second kappa shape index (κ2) is 5.22. The maximum absolute atomic E-state index is 10.4. The molecular formula is C10H21NO2. The van der Waals surface area contributed by atoms with Gasteiger partial charge in [-0.15, -0.1) is 0 Å². The highest BCUT2D eigenvalue weighted by molar-refractivity contribution is 5.67. The van der Waals surface area contributed by atoms with Crippen molar-refractivity contribution in [1.82, 2.24) is 5.32 Å². The molecule has 3 nitrogen and oxygen atoms in total. The number of carboxylic acids is 1. The molecular weight excluding hydrogens is 166 g/mol. The number of hydrogen-bond acceptors (Lipinski definition) is 2. The van der Waals surface area contributed by atoms with E-state index in [-0.39, 0.29) is 18.0 Å². The van der Waals surface area contributed by atoms with Crippen LogP contribution in [0.25, 0.3) is 0 Å². The Hall–Kier alpha value is -0.570. The number of carboxylic acid groups (broad SMARTS) is 1. The van der Waals surface area contributed by atoms with E-state index in [1.54, 1.807) is 0 Å². The van der Waals surface area contributed by atoms with Crippen LogP contribution in [0.15, 0.2) is 0 Å². The standard InChI is InChI=1S/C10H21NO2/c1-5-10(4,6-2)11-8(3)7-9(12)13/h8,11H,5-7H2,1-4H3,(H,12,13). The smallest absolute Gasteiger partial charge is 0.304 e. The van der Waals surface area contributed by atoms with Crippen LogP contribution in [0.1, 0.15) is 47.0 Å². The van der Waals surface area contributed by atoms with E-state index in [0.29, 0.717) is 0 Å². The monoisotopic (exact) mass is 187 g/mol. The molecule has 0 saturated carbocycles. The molecule has 13 heavy (non-hydrogen) atoms. The van der Waals surface area contributed by atoms with E-state index in [2.05, 4.69) is 26.1 Å². The maximum Gasteiger partial charge on any atom is 0.304 e. The lowest BCUT2D eigenvalue weighted by Gasteiger charge is -2.31. The quantitative estimate of drug-likeness (QED) is 0.668. The van der Waals surface area contributed by atoms with Gasteiger partial charge < -0.3 is 10.4 Å². The molecule has 0 heterocycles. The zero-order valence-corrected chi connectivity index (χ0v) is 9.05. The molecule has 0 saturated heterocycles. The minimum Gasteiger partial charge on any atom is -0.481 e. The molecule has 78 valence electrons. The molecule has 0 fully saturated rings. The zero-order valence-electron chi connectivity index (χ0n) is 9.05. The molecule has 0 bridgehead atoms. The second-order valence-corrected chi connectivity index (χ2v) is 3.91. The predicted molar refractivity (Wildman–Crippen MR) is 53.8 cm³/mol. The van der Waals surface area contributed by atoms with E-state index < -0.39 is 5.97 Å². The average Bonchev–Trinajstić information content (AvgIpc) is 2.02. The van der Waals surface area contributed by atoms with Crippen molar-refractivity contribution in [1.29, 1.82) is 0 Å².